The first-order chi connectivity index (χ1) is 13.2. The highest BCUT2D eigenvalue weighted by Crippen LogP contribution is 2.32. The average molecular weight is 374 g/mol. The van der Waals surface area contributed by atoms with Crippen LogP contribution in [-0.4, -0.2) is 74.8 Å². The van der Waals surface area contributed by atoms with E-state index < -0.39 is 0 Å². The standard InChI is InChI=1S/C20H26N2O5/c1-3-11-27-16-6-4-15(5-7-16)17-18(21-8-13-26-14-9-21)20(24)22(19(17)23)10-12-25-2/h4-7H,3,8-14H2,1-2H3. The van der Waals surface area contributed by atoms with Crippen molar-refractivity contribution in [3.05, 3.63) is 35.5 Å². The van der Waals surface area contributed by atoms with Crippen molar-refractivity contribution < 1.29 is 23.8 Å². The molecule has 0 unspecified atom stereocenters. The summed E-state index contributed by atoms with van der Waals surface area (Å²) in [6, 6.07) is 7.35. The number of benzene rings is 1. The topological polar surface area (TPSA) is 68.3 Å². The molecule has 1 fully saturated rings. The second-order valence-corrected chi connectivity index (χ2v) is 6.45. The molecule has 0 aliphatic carbocycles. The summed E-state index contributed by atoms with van der Waals surface area (Å²) in [6.45, 7) is 5.50. The van der Waals surface area contributed by atoms with Crippen molar-refractivity contribution in [2.75, 3.05) is 53.2 Å². The van der Waals surface area contributed by atoms with E-state index in [1.807, 2.05) is 36.1 Å². The van der Waals surface area contributed by atoms with Crippen LogP contribution in [0.5, 0.6) is 5.75 Å². The van der Waals surface area contributed by atoms with Gasteiger partial charge in [0.25, 0.3) is 11.8 Å². The highest BCUT2D eigenvalue weighted by molar-refractivity contribution is 6.35. The van der Waals surface area contributed by atoms with Crippen LogP contribution >= 0.6 is 0 Å². The van der Waals surface area contributed by atoms with Crippen LogP contribution in [0.2, 0.25) is 0 Å². The Morgan fingerprint density at radius 1 is 1.04 bits per heavy atom. The minimum Gasteiger partial charge on any atom is -0.494 e. The summed E-state index contributed by atoms with van der Waals surface area (Å²) in [4.78, 5) is 29.3. The molecule has 0 radical (unpaired) electrons. The lowest BCUT2D eigenvalue weighted by Gasteiger charge is -2.29. The third-order valence-corrected chi connectivity index (χ3v) is 4.61. The van der Waals surface area contributed by atoms with E-state index in [9.17, 15) is 9.59 Å². The monoisotopic (exact) mass is 374 g/mol. The molecule has 0 aromatic heterocycles. The molecule has 0 spiro atoms. The van der Waals surface area contributed by atoms with Crippen molar-refractivity contribution in [2.45, 2.75) is 13.3 Å². The van der Waals surface area contributed by atoms with Gasteiger partial charge in [-0.2, -0.15) is 0 Å². The predicted molar refractivity (Wildman–Crippen MR) is 100 cm³/mol. The minimum absolute atomic E-state index is 0.239. The van der Waals surface area contributed by atoms with Gasteiger partial charge in [0, 0.05) is 20.2 Å². The van der Waals surface area contributed by atoms with Crippen molar-refractivity contribution in [1.82, 2.24) is 9.80 Å². The van der Waals surface area contributed by atoms with Gasteiger partial charge in [-0.15, -0.1) is 0 Å². The number of imide groups is 1. The molecule has 0 N–H and O–H groups in total. The molecule has 2 aliphatic rings. The lowest BCUT2D eigenvalue weighted by atomic mass is 10.0. The van der Waals surface area contributed by atoms with Crippen LogP contribution in [0.3, 0.4) is 0 Å². The van der Waals surface area contributed by atoms with Gasteiger partial charge in [-0.3, -0.25) is 14.5 Å². The molecular weight excluding hydrogens is 348 g/mol. The molecule has 7 nitrogen and oxygen atoms in total. The Labute approximate surface area is 159 Å². The van der Waals surface area contributed by atoms with Crippen LogP contribution in [0.15, 0.2) is 30.0 Å². The number of morpholine rings is 1. The van der Waals surface area contributed by atoms with Gasteiger partial charge in [0.15, 0.2) is 0 Å². The second-order valence-electron chi connectivity index (χ2n) is 6.45. The summed E-state index contributed by atoms with van der Waals surface area (Å²) in [5.41, 5.74) is 1.63. The van der Waals surface area contributed by atoms with Crippen LogP contribution < -0.4 is 4.74 Å². The maximum absolute atomic E-state index is 13.0. The summed E-state index contributed by atoms with van der Waals surface area (Å²) in [7, 11) is 1.55. The van der Waals surface area contributed by atoms with Gasteiger partial charge < -0.3 is 19.1 Å². The molecule has 0 saturated carbocycles. The van der Waals surface area contributed by atoms with Gasteiger partial charge >= 0.3 is 0 Å². The highest BCUT2D eigenvalue weighted by Gasteiger charge is 2.41. The van der Waals surface area contributed by atoms with Crippen LogP contribution in [0, 0.1) is 0 Å². The summed E-state index contributed by atoms with van der Waals surface area (Å²) in [6.07, 6.45) is 0.926. The number of carbonyl (C=O) groups excluding carboxylic acids is 2. The van der Waals surface area contributed by atoms with Crippen LogP contribution in [0.4, 0.5) is 0 Å². The predicted octanol–water partition coefficient (Wildman–Crippen LogP) is 1.53. The lowest BCUT2D eigenvalue weighted by molar-refractivity contribution is -0.138. The Kier molecular flexibility index (Phi) is 6.47. The first kappa shape index (κ1) is 19.4. The SMILES string of the molecule is CCCOc1ccc(C2=C(N3CCOCC3)C(=O)N(CCOC)C2=O)cc1. The third kappa shape index (κ3) is 4.14. The molecule has 7 heteroatoms. The Hall–Kier alpha value is -2.38. The Morgan fingerprint density at radius 2 is 1.74 bits per heavy atom. The van der Waals surface area contributed by atoms with E-state index in [4.69, 9.17) is 14.2 Å². The van der Waals surface area contributed by atoms with Gasteiger partial charge in [-0.1, -0.05) is 19.1 Å². The molecule has 1 aromatic rings. The lowest BCUT2D eigenvalue weighted by Crippen LogP contribution is -2.41. The van der Waals surface area contributed by atoms with Gasteiger partial charge in [0.05, 0.1) is 38.5 Å². The van der Waals surface area contributed by atoms with Crippen LogP contribution in [0.1, 0.15) is 18.9 Å². The Morgan fingerprint density at radius 3 is 2.37 bits per heavy atom. The molecule has 0 bridgehead atoms. The molecule has 0 atom stereocenters. The Balaban J connectivity index is 1.93. The molecule has 1 aromatic carbocycles. The summed E-state index contributed by atoms with van der Waals surface area (Å²) in [5.74, 6) is 0.211. The number of carbonyl (C=O) groups is 2. The minimum atomic E-state index is -0.277. The summed E-state index contributed by atoms with van der Waals surface area (Å²) in [5, 5.41) is 0. The molecule has 2 heterocycles. The van der Waals surface area contributed by atoms with E-state index in [1.54, 1.807) is 7.11 Å². The zero-order valence-corrected chi connectivity index (χ0v) is 15.9. The number of nitrogens with zero attached hydrogens (tertiary/aromatic N) is 2. The van der Waals surface area contributed by atoms with Crippen molar-refractivity contribution >= 4 is 17.4 Å². The van der Waals surface area contributed by atoms with Crippen molar-refractivity contribution in [1.29, 1.82) is 0 Å². The normalized spacial score (nSPS) is 17.9. The zero-order valence-electron chi connectivity index (χ0n) is 15.9. The molecule has 2 aliphatic heterocycles. The second kappa shape index (κ2) is 9.01. The van der Waals surface area contributed by atoms with E-state index in [-0.39, 0.29) is 18.4 Å². The van der Waals surface area contributed by atoms with Gasteiger partial charge in [0.1, 0.15) is 11.4 Å². The fraction of sp³-hybridized carbons (Fsp3) is 0.500. The smallest absolute Gasteiger partial charge is 0.277 e. The van der Waals surface area contributed by atoms with E-state index >= 15 is 0 Å². The molecule has 3 rings (SSSR count). The fourth-order valence-corrected chi connectivity index (χ4v) is 3.23. The maximum atomic E-state index is 13.0. The quantitative estimate of drug-likeness (QED) is 0.643. The van der Waals surface area contributed by atoms with Crippen molar-refractivity contribution in [3.8, 4) is 5.75 Å². The molecule has 146 valence electrons. The highest BCUT2D eigenvalue weighted by atomic mass is 16.5. The molecular formula is C20H26N2O5. The first-order valence-electron chi connectivity index (χ1n) is 9.32. The zero-order chi connectivity index (χ0) is 19.2. The van der Waals surface area contributed by atoms with Gasteiger partial charge in [-0.05, 0) is 24.1 Å². The number of rotatable bonds is 8. The Bertz CT molecular complexity index is 708. The summed E-state index contributed by atoms with van der Waals surface area (Å²) < 4.78 is 16.1. The van der Waals surface area contributed by atoms with E-state index in [1.165, 1.54) is 4.90 Å². The number of hydrogen-bond donors (Lipinski definition) is 0. The van der Waals surface area contributed by atoms with Crippen LogP contribution in [-0.2, 0) is 19.1 Å². The van der Waals surface area contributed by atoms with Crippen molar-refractivity contribution in [3.63, 3.8) is 0 Å². The number of ether oxygens (including phenoxy) is 3. The van der Waals surface area contributed by atoms with E-state index in [2.05, 4.69) is 0 Å². The number of methoxy groups -OCH3 is 1. The first-order valence-corrected chi connectivity index (χ1v) is 9.32. The van der Waals surface area contributed by atoms with Crippen LogP contribution in [0.25, 0.3) is 5.57 Å². The maximum Gasteiger partial charge on any atom is 0.277 e. The van der Waals surface area contributed by atoms with E-state index in [0.29, 0.717) is 50.8 Å². The third-order valence-electron chi connectivity index (χ3n) is 4.61. The molecule has 2 amide bonds. The van der Waals surface area contributed by atoms with E-state index in [0.717, 1.165) is 17.7 Å². The van der Waals surface area contributed by atoms with Gasteiger partial charge in [0.2, 0.25) is 0 Å². The summed E-state index contributed by atoms with van der Waals surface area (Å²) >= 11 is 0. The number of amides is 2. The molecule has 27 heavy (non-hydrogen) atoms. The molecule has 1 saturated heterocycles. The van der Waals surface area contributed by atoms with Gasteiger partial charge in [-0.25, -0.2) is 0 Å². The van der Waals surface area contributed by atoms with Crippen molar-refractivity contribution in [2.24, 2.45) is 0 Å². The largest absolute Gasteiger partial charge is 0.494 e. The average Bonchev–Trinajstić information content (AvgIpc) is 2.96. The number of hydrogen-bond acceptors (Lipinski definition) is 6. The fourth-order valence-electron chi connectivity index (χ4n) is 3.23.